The van der Waals surface area contributed by atoms with E-state index < -0.39 is 0 Å². The van der Waals surface area contributed by atoms with Gasteiger partial charge in [-0.05, 0) is 54.1 Å². The van der Waals surface area contributed by atoms with Crippen molar-refractivity contribution in [1.29, 1.82) is 0 Å². The highest BCUT2D eigenvalue weighted by Crippen LogP contribution is 2.14. The van der Waals surface area contributed by atoms with E-state index in [0.29, 0.717) is 0 Å². The monoisotopic (exact) mass is 315 g/mol. The summed E-state index contributed by atoms with van der Waals surface area (Å²) in [6.45, 7) is 0.973. The van der Waals surface area contributed by atoms with Crippen molar-refractivity contribution in [1.82, 2.24) is 5.32 Å². The molecule has 80 valence electrons. The summed E-state index contributed by atoms with van der Waals surface area (Å²) in [5.41, 5.74) is 0.829. The van der Waals surface area contributed by atoms with Gasteiger partial charge in [0.25, 0.3) is 0 Å². The normalized spacial score (nSPS) is 21.3. The molecule has 1 N–H and O–H groups in total. The lowest BCUT2D eigenvalue weighted by Crippen LogP contribution is -2.40. The van der Waals surface area contributed by atoms with Crippen LogP contribution < -0.4 is 5.32 Å². The minimum Gasteiger partial charge on any atom is -0.307 e. The molecule has 15 heavy (non-hydrogen) atoms. The van der Waals surface area contributed by atoms with Crippen molar-refractivity contribution in [2.24, 2.45) is 0 Å². The number of halogens is 1. The number of Topliss-reactive ketones (excluding diaryl/α,β-unsaturated/α-hetero) is 1. The van der Waals surface area contributed by atoms with Crippen LogP contribution >= 0.6 is 22.6 Å². The first-order valence-corrected chi connectivity index (χ1v) is 6.38. The first-order chi connectivity index (χ1) is 7.27. The number of nitrogens with one attached hydrogen (secondary N) is 1. The third-order valence-electron chi connectivity index (χ3n) is 2.76. The molecular formula is C12H14INO. The van der Waals surface area contributed by atoms with Crippen LogP contribution in [-0.4, -0.2) is 18.4 Å². The molecule has 1 unspecified atom stereocenters. The molecule has 1 aromatic carbocycles. The van der Waals surface area contributed by atoms with Crippen molar-refractivity contribution >= 4 is 28.4 Å². The SMILES string of the molecule is O=C(c1ccc(I)cc1)C1CCCCN1. The molecule has 1 atom stereocenters. The van der Waals surface area contributed by atoms with Gasteiger partial charge >= 0.3 is 0 Å². The maximum atomic E-state index is 12.0. The Labute approximate surface area is 104 Å². The first kappa shape index (κ1) is 11.1. The Balaban J connectivity index is 2.09. The molecule has 1 fully saturated rings. The zero-order chi connectivity index (χ0) is 10.7. The van der Waals surface area contributed by atoms with Crippen LogP contribution in [0.15, 0.2) is 24.3 Å². The summed E-state index contributed by atoms with van der Waals surface area (Å²) in [7, 11) is 0. The number of hydrogen-bond donors (Lipinski definition) is 1. The summed E-state index contributed by atoms with van der Waals surface area (Å²) in [5.74, 6) is 0.242. The van der Waals surface area contributed by atoms with Gasteiger partial charge in [-0.25, -0.2) is 0 Å². The number of hydrogen-bond acceptors (Lipinski definition) is 2. The fourth-order valence-electron chi connectivity index (χ4n) is 1.89. The summed E-state index contributed by atoms with van der Waals surface area (Å²) >= 11 is 2.25. The lowest BCUT2D eigenvalue weighted by Gasteiger charge is -2.22. The summed E-state index contributed by atoms with van der Waals surface area (Å²) in [5, 5.41) is 3.28. The Morgan fingerprint density at radius 2 is 2.00 bits per heavy atom. The molecule has 0 saturated carbocycles. The number of carbonyl (C=O) groups excluding carboxylic acids is 1. The molecule has 0 amide bonds. The molecule has 1 aliphatic heterocycles. The summed E-state index contributed by atoms with van der Waals surface area (Å²) in [6.07, 6.45) is 3.33. The fraction of sp³-hybridized carbons (Fsp3) is 0.417. The third-order valence-corrected chi connectivity index (χ3v) is 3.47. The average Bonchev–Trinajstić information content (AvgIpc) is 2.30. The van der Waals surface area contributed by atoms with Crippen LogP contribution in [0.2, 0.25) is 0 Å². The van der Waals surface area contributed by atoms with E-state index in [0.717, 1.165) is 24.9 Å². The lowest BCUT2D eigenvalue weighted by molar-refractivity contribution is 0.0927. The van der Waals surface area contributed by atoms with Crippen LogP contribution in [0.4, 0.5) is 0 Å². The second-order valence-electron chi connectivity index (χ2n) is 3.87. The number of ketones is 1. The number of rotatable bonds is 2. The standard InChI is InChI=1S/C12H14INO/c13-10-6-4-9(5-7-10)12(15)11-3-1-2-8-14-11/h4-7,11,14H,1-3,8H2. The van der Waals surface area contributed by atoms with E-state index in [4.69, 9.17) is 0 Å². The van der Waals surface area contributed by atoms with Crippen molar-refractivity contribution in [2.75, 3.05) is 6.54 Å². The van der Waals surface area contributed by atoms with Gasteiger partial charge < -0.3 is 5.32 Å². The average molecular weight is 315 g/mol. The molecule has 0 radical (unpaired) electrons. The van der Waals surface area contributed by atoms with Gasteiger partial charge in [0.2, 0.25) is 0 Å². The summed E-state index contributed by atoms with van der Waals surface area (Å²) < 4.78 is 1.17. The lowest BCUT2D eigenvalue weighted by atomic mass is 9.96. The highest BCUT2D eigenvalue weighted by atomic mass is 127. The smallest absolute Gasteiger partial charge is 0.179 e. The van der Waals surface area contributed by atoms with Gasteiger partial charge in [0.05, 0.1) is 6.04 Å². The largest absolute Gasteiger partial charge is 0.307 e. The molecule has 0 aliphatic carbocycles. The molecule has 1 aliphatic rings. The minimum absolute atomic E-state index is 0.0406. The van der Waals surface area contributed by atoms with Crippen LogP contribution in [0.25, 0.3) is 0 Å². The highest BCUT2D eigenvalue weighted by Gasteiger charge is 2.21. The van der Waals surface area contributed by atoms with Gasteiger partial charge in [0.1, 0.15) is 0 Å². The van der Waals surface area contributed by atoms with E-state index in [1.165, 1.54) is 9.99 Å². The van der Waals surface area contributed by atoms with E-state index in [1.54, 1.807) is 0 Å². The third kappa shape index (κ3) is 2.78. The van der Waals surface area contributed by atoms with E-state index >= 15 is 0 Å². The van der Waals surface area contributed by atoms with Crippen molar-refractivity contribution in [3.8, 4) is 0 Å². The molecule has 3 heteroatoms. The number of benzene rings is 1. The molecule has 2 nitrogen and oxygen atoms in total. The highest BCUT2D eigenvalue weighted by molar-refractivity contribution is 14.1. The van der Waals surface area contributed by atoms with Gasteiger partial charge in [0, 0.05) is 9.13 Å². The van der Waals surface area contributed by atoms with Crippen molar-refractivity contribution in [3.63, 3.8) is 0 Å². The van der Waals surface area contributed by atoms with Crippen LogP contribution in [-0.2, 0) is 0 Å². The quantitative estimate of drug-likeness (QED) is 0.671. The Kier molecular flexibility index (Phi) is 3.75. The molecule has 0 bridgehead atoms. The molecule has 0 aromatic heterocycles. The first-order valence-electron chi connectivity index (χ1n) is 5.30. The van der Waals surface area contributed by atoms with E-state index in [-0.39, 0.29) is 11.8 Å². The Hall–Kier alpha value is -0.420. The van der Waals surface area contributed by atoms with Crippen LogP contribution in [0.1, 0.15) is 29.6 Å². The Bertz CT molecular complexity index is 341. The number of piperidine rings is 1. The van der Waals surface area contributed by atoms with Crippen molar-refractivity contribution in [3.05, 3.63) is 33.4 Å². The fourth-order valence-corrected chi connectivity index (χ4v) is 2.25. The minimum atomic E-state index is 0.0406. The molecule has 1 aromatic rings. The van der Waals surface area contributed by atoms with E-state index in [2.05, 4.69) is 27.9 Å². The molecule has 0 spiro atoms. The molecule has 2 rings (SSSR count). The van der Waals surface area contributed by atoms with Crippen LogP contribution in [0.3, 0.4) is 0 Å². The van der Waals surface area contributed by atoms with Gasteiger partial charge in [-0.1, -0.05) is 18.6 Å². The van der Waals surface area contributed by atoms with Crippen molar-refractivity contribution in [2.45, 2.75) is 25.3 Å². The van der Waals surface area contributed by atoms with Crippen LogP contribution in [0, 0.1) is 3.57 Å². The zero-order valence-corrected chi connectivity index (χ0v) is 10.7. The van der Waals surface area contributed by atoms with Gasteiger partial charge in [-0.2, -0.15) is 0 Å². The van der Waals surface area contributed by atoms with Gasteiger partial charge in [0.15, 0.2) is 5.78 Å². The summed E-state index contributed by atoms with van der Waals surface area (Å²) in [6, 6.07) is 7.84. The van der Waals surface area contributed by atoms with Gasteiger partial charge in [-0.3, -0.25) is 4.79 Å². The van der Waals surface area contributed by atoms with Gasteiger partial charge in [-0.15, -0.1) is 0 Å². The predicted molar refractivity (Wildman–Crippen MR) is 69.1 cm³/mol. The zero-order valence-electron chi connectivity index (χ0n) is 8.50. The second-order valence-corrected chi connectivity index (χ2v) is 5.12. The Morgan fingerprint density at radius 1 is 1.27 bits per heavy atom. The topological polar surface area (TPSA) is 29.1 Å². The van der Waals surface area contributed by atoms with E-state index in [9.17, 15) is 4.79 Å². The molecular weight excluding hydrogens is 301 g/mol. The molecule has 1 heterocycles. The maximum absolute atomic E-state index is 12.0. The second kappa shape index (κ2) is 5.07. The number of carbonyl (C=O) groups is 1. The predicted octanol–water partition coefficient (Wildman–Crippen LogP) is 2.62. The maximum Gasteiger partial charge on any atom is 0.179 e. The summed E-state index contributed by atoms with van der Waals surface area (Å²) in [4.78, 5) is 12.0. The van der Waals surface area contributed by atoms with E-state index in [1.807, 2.05) is 24.3 Å². The molecule has 1 saturated heterocycles. The van der Waals surface area contributed by atoms with Crippen LogP contribution in [0.5, 0.6) is 0 Å². The Morgan fingerprint density at radius 3 is 2.60 bits per heavy atom. The van der Waals surface area contributed by atoms with Crippen molar-refractivity contribution < 1.29 is 4.79 Å².